The van der Waals surface area contributed by atoms with E-state index >= 15 is 0 Å². The van der Waals surface area contributed by atoms with E-state index in [1.54, 1.807) is 0 Å². The van der Waals surface area contributed by atoms with Crippen LogP contribution < -0.4 is 0 Å². The van der Waals surface area contributed by atoms with Gasteiger partial charge in [0, 0.05) is 23.1 Å². The topological polar surface area (TPSA) is 25.3 Å². The summed E-state index contributed by atoms with van der Waals surface area (Å²) in [7, 11) is 0. The smallest absolute Gasteiger partial charge is 0.493 e. The Morgan fingerprint density at radius 3 is 1.64 bits per heavy atom. The second kappa shape index (κ2) is 31.3. The Hall–Kier alpha value is -2.43. The molecule has 3 heteroatoms. The quantitative estimate of drug-likeness (QED) is 0.0427. The van der Waals surface area contributed by atoms with Gasteiger partial charge in [0.05, 0.1) is 0 Å². The van der Waals surface area contributed by atoms with Crippen molar-refractivity contribution in [3.8, 4) is 11.8 Å². The normalized spacial score (nSPS) is 12.0. The summed E-state index contributed by atoms with van der Waals surface area (Å²) >= 11 is 0. The van der Waals surface area contributed by atoms with Gasteiger partial charge in [0.15, 0.2) is 0 Å². The van der Waals surface area contributed by atoms with Gasteiger partial charge in [-0.2, -0.15) is 12.8 Å². The van der Waals surface area contributed by atoms with Crippen molar-refractivity contribution in [3.63, 3.8) is 0 Å². The van der Waals surface area contributed by atoms with Crippen molar-refractivity contribution >= 4 is 11.4 Å². The molecule has 1 heterocycles. The fraction of sp³-hybridized carbons (Fsp3) is 0.574. The molecule has 0 atom stereocenters. The molecule has 2 aromatic rings. The molecule has 3 rings (SSSR count). The number of allylic oxidation sites excluding steroid dienone is 2. The molecule has 2 nitrogen and oxygen atoms in total. The molecule has 0 unspecified atom stereocenters. The molecule has 0 N–H and O–H groups in total. The first-order chi connectivity index (χ1) is 24.0. The predicted octanol–water partition coefficient (Wildman–Crippen LogP) is 15.1. The molecule has 280 valence electrons. The molecule has 0 radical (unpaired) electrons. The maximum absolute atomic E-state index is 11.8. The number of nitrogens with zero attached hydrogens (tertiary/aromatic N) is 2. The molecule has 2 aromatic carbocycles. The second-order valence-electron chi connectivity index (χ2n) is 13.4. The van der Waals surface area contributed by atoms with Crippen molar-refractivity contribution in [2.45, 2.75) is 176 Å². The predicted molar refractivity (Wildman–Crippen MR) is 218 cm³/mol. The molecule has 50 heavy (non-hydrogen) atoms. The minimum absolute atomic E-state index is 0. The maximum atomic E-state index is 11.8. The van der Waals surface area contributed by atoms with Crippen LogP contribution >= 0.6 is 0 Å². The van der Waals surface area contributed by atoms with Gasteiger partial charge in [0.2, 0.25) is 11.4 Å². The van der Waals surface area contributed by atoms with Crippen LogP contribution in [0.5, 0.6) is 0 Å². The van der Waals surface area contributed by atoms with Crippen LogP contribution in [0.15, 0.2) is 59.7 Å². The van der Waals surface area contributed by atoms with Crippen molar-refractivity contribution < 1.29 is 21.2 Å². The van der Waals surface area contributed by atoms with E-state index in [0.29, 0.717) is 0 Å². The van der Waals surface area contributed by atoms with Crippen LogP contribution in [0.3, 0.4) is 0 Å². The van der Waals surface area contributed by atoms with Crippen LogP contribution in [0.1, 0.15) is 186 Å². The summed E-state index contributed by atoms with van der Waals surface area (Å²) < 4.78 is 1.44. The number of benzene rings is 2. The van der Waals surface area contributed by atoms with Gasteiger partial charge in [-0.05, 0) is 73.9 Å². The molecular formula is C47H72N2Ni. The molecular weight excluding hydrogens is 651 g/mol. The Bertz CT molecular complexity index is 1270. The van der Waals surface area contributed by atoms with E-state index in [-0.39, 0.29) is 16.5 Å². The van der Waals surface area contributed by atoms with Crippen LogP contribution in [-0.2, 0) is 29.3 Å². The van der Waals surface area contributed by atoms with Gasteiger partial charge in [-0.3, -0.25) is 0 Å². The summed E-state index contributed by atoms with van der Waals surface area (Å²) in [4.78, 5) is 0. The third-order valence-electron chi connectivity index (χ3n) is 8.94. The zero-order chi connectivity index (χ0) is 36.1. The first-order valence-corrected chi connectivity index (χ1v) is 20.2. The van der Waals surface area contributed by atoms with Gasteiger partial charge in [-0.15, -0.1) is 0 Å². The van der Waals surface area contributed by atoms with E-state index < -0.39 is 0 Å². The molecule has 0 saturated carbocycles. The molecule has 0 saturated heterocycles. The Morgan fingerprint density at radius 1 is 0.560 bits per heavy atom. The van der Waals surface area contributed by atoms with Crippen molar-refractivity contribution in [2.75, 3.05) is 0 Å². The molecule has 1 aliphatic heterocycles. The van der Waals surface area contributed by atoms with Gasteiger partial charge in [-0.1, -0.05) is 155 Å². The van der Waals surface area contributed by atoms with E-state index in [1.165, 1.54) is 111 Å². The minimum atomic E-state index is 0. The zero-order valence-corrected chi connectivity index (χ0v) is 34.1. The first-order valence-electron chi connectivity index (χ1n) is 20.2. The van der Waals surface area contributed by atoms with Crippen LogP contribution in [0.2, 0.25) is 0 Å². The number of hydrogen-bond acceptors (Lipinski definition) is 0. The fourth-order valence-electron chi connectivity index (χ4n) is 5.97. The Kier molecular flexibility index (Phi) is 29.8. The van der Waals surface area contributed by atoms with Crippen molar-refractivity contribution in [1.29, 1.82) is 0 Å². The van der Waals surface area contributed by atoms with Gasteiger partial charge in [0.1, 0.15) is 5.57 Å². The Balaban J connectivity index is 0.00000158. The Labute approximate surface area is 320 Å². The van der Waals surface area contributed by atoms with Crippen molar-refractivity contribution in [2.24, 2.45) is 0 Å². The maximum Gasteiger partial charge on any atom is 2.00 e. The van der Waals surface area contributed by atoms with Crippen molar-refractivity contribution in [1.82, 2.24) is 0 Å². The molecule has 1 aliphatic rings. The molecule has 0 aromatic heterocycles. The van der Waals surface area contributed by atoms with E-state index in [2.05, 4.69) is 116 Å². The molecule has 0 spiro atoms. The van der Waals surface area contributed by atoms with Crippen LogP contribution in [0, 0.1) is 25.7 Å². The van der Waals surface area contributed by atoms with Gasteiger partial charge in [-0.25, -0.2) is 4.70 Å². The van der Waals surface area contributed by atoms with Gasteiger partial charge in [0.25, 0.3) is 0 Å². The molecule has 0 aliphatic carbocycles. The number of rotatable bonds is 20. The largest absolute Gasteiger partial charge is 2.00 e. The summed E-state index contributed by atoms with van der Waals surface area (Å²) in [5.41, 5.74) is 20.5. The fourth-order valence-corrected chi connectivity index (χ4v) is 5.97. The third-order valence-corrected chi connectivity index (χ3v) is 8.94. The SMILES string of the molecule is CCC#CC1=C(c2ccc(CCCCC)cc2)[N+](=[N-])C(c2cccc(CCCC)c2)=C1CCCCCC.[CH2-]CCCCC.[CH2-]CCCCC.[Ni+2]. The third kappa shape index (κ3) is 18.2. The number of unbranched alkanes of at least 4 members (excludes halogenated alkanes) is 12. The average molecular weight is 724 g/mol. The monoisotopic (exact) mass is 723 g/mol. The summed E-state index contributed by atoms with van der Waals surface area (Å²) in [5, 5.41) is 0. The number of hydrogen-bond donors (Lipinski definition) is 0. The Morgan fingerprint density at radius 2 is 1.10 bits per heavy atom. The van der Waals surface area contributed by atoms with E-state index in [0.717, 1.165) is 73.0 Å². The summed E-state index contributed by atoms with van der Waals surface area (Å²) in [5.74, 6) is 6.80. The van der Waals surface area contributed by atoms with Crippen LogP contribution in [0.25, 0.3) is 16.9 Å². The first kappa shape index (κ1) is 47.6. The molecule has 0 amide bonds. The number of aryl methyl sites for hydroxylation is 2. The molecule has 0 bridgehead atoms. The van der Waals surface area contributed by atoms with E-state index in [4.69, 9.17) is 0 Å². The van der Waals surface area contributed by atoms with E-state index in [9.17, 15) is 5.53 Å². The minimum Gasteiger partial charge on any atom is -0.493 e. The van der Waals surface area contributed by atoms with Crippen LogP contribution in [-0.4, -0.2) is 4.70 Å². The average Bonchev–Trinajstić information content (AvgIpc) is 3.41. The standard InChI is InChI=1S/C35H46N2.2C6H13.Ni/c1-5-9-13-15-22-33-32(21-12-8-4)34(30-25-23-28(24-26-30)18-14-10-6-2)37(36)35(33)31-20-16-19-29(27-31)17-11-7-3;2*1-3-5-6-4-2;/h16,19-20,23-27H,5-11,13-15,17-18,22H2,1-4H3;2*1,3-6H2,2H3;/q;2*-1;+2. The zero-order valence-electron chi connectivity index (χ0n) is 33.1. The van der Waals surface area contributed by atoms with Gasteiger partial charge >= 0.3 is 16.5 Å². The summed E-state index contributed by atoms with van der Waals surface area (Å²) in [6.07, 6.45) is 24.9. The van der Waals surface area contributed by atoms with Crippen LogP contribution in [0.4, 0.5) is 0 Å². The second-order valence-corrected chi connectivity index (χ2v) is 13.4. The summed E-state index contributed by atoms with van der Waals surface area (Å²) in [6, 6.07) is 17.5. The van der Waals surface area contributed by atoms with E-state index in [1.807, 2.05) is 0 Å². The summed E-state index contributed by atoms with van der Waals surface area (Å²) in [6.45, 7) is 20.7. The van der Waals surface area contributed by atoms with Crippen molar-refractivity contribution in [3.05, 3.63) is 101 Å². The van der Waals surface area contributed by atoms with Gasteiger partial charge < -0.3 is 19.4 Å². The molecule has 0 fully saturated rings.